The Hall–Kier alpha value is -1.31. The van der Waals surface area contributed by atoms with Crippen LogP contribution >= 0.6 is 0 Å². The van der Waals surface area contributed by atoms with E-state index in [1.54, 1.807) is 0 Å². The van der Waals surface area contributed by atoms with E-state index in [4.69, 9.17) is 0 Å². The summed E-state index contributed by atoms with van der Waals surface area (Å²) in [5.74, 6) is 0. The van der Waals surface area contributed by atoms with E-state index in [0.717, 1.165) is 25.7 Å². The van der Waals surface area contributed by atoms with Gasteiger partial charge >= 0.3 is 0 Å². The minimum Gasteiger partial charge on any atom is -0.362 e. The molecule has 1 atom stereocenters. The lowest BCUT2D eigenvalue weighted by Gasteiger charge is -2.22. The lowest BCUT2D eigenvalue weighted by molar-refractivity contribution is -0.108. The van der Waals surface area contributed by atoms with Gasteiger partial charge in [-0.25, -0.2) is 0 Å². The van der Waals surface area contributed by atoms with Crippen LogP contribution in [0.3, 0.4) is 0 Å². The largest absolute Gasteiger partial charge is 0.362 e. The summed E-state index contributed by atoms with van der Waals surface area (Å²) in [5, 5.41) is 0. The Morgan fingerprint density at radius 3 is 2.71 bits per heavy atom. The summed E-state index contributed by atoms with van der Waals surface area (Å²) in [7, 11) is 0. The first-order valence-corrected chi connectivity index (χ1v) is 5.10. The second-order valence-electron chi connectivity index (χ2n) is 3.87. The zero-order valence-corrected chi connectivity index (χ0v) is 8.44. The molecule has 1 saturated heterocycles. The molecule has 0 unspecified atom stereocenters. The van der Waals surface area contributed by atoms with Crippen molar-refractivity contribution in [2.45, 2.75) is 25.8 Å². The van der Waals surface area contributed by atoms with Crippen LogP contribution in [0.15, 0.2) is 24.3 Å². The number of nitrogens with zero attached hydrogens (tertiary/aromatic N) is 1. The van der Waals surface area contributed by atoms with Crippen molar-refractivity contribution >= 4 is 12.0 Å². The lowest BCUT2D eigenvalue weighted by Crippen LogP contribution is -2.30. The Labute approximate surface area is 84.5 Å². The van der Waals surface area contributed by atoms with Crippen LogP contribution in [-0.4, -0.2) is 18.9 Å². The second kappa shape index (κ2) is 3.82. The monoisotopic (exact) mass is 189 g/mol. The Bertz CT molecular complexity index is 318. The molecule has 2 rings (SSSR count). The molecule has 0 aromatic heterocycles. The van der Waals surface area contributed by atoms with Crippen molar-refractivity contribution in [2.24, 2.45) is 0 Å². The van der Waals surface area contributed by atoms with Crippen molar-refractivity contribution in [1.29, 1.82) is 0 Å². The first-order chi connectivity index (χ1) is 6.81. The Kier molecular flexibility index (Phi) is 2.53. The molecule has 14 heavy (non-hydrogen) atoms. The van der Waals surface area contributed by atoms with Crippen molar-refractivity contribution in [2.75, 3.05) is 11.4 Å². The predicted molar refractivity (Wildman–Crippen MR) is 57.6 cm³/mol. The molecule has 0 radical (unpaired) electrons. The molecule has 0 bridgehead atoms. The van der Waals surface area contributed by atoms with E-state index in [-0.39, 0.29) is 6.04 Å². The van der Waals surface area contributed by atoms with E-state index in [1.807, 2.05) is 0 Å². The van der Waals surface area contributed by atoms with Crippen molar-refractivity contribution in [3.63, 3.8) is 0 Å². The van der Waals surface area contributed by atoms with Gasteiger partial charge in [-0.1, -0.05) is 17.7 Å². The van der Waals surface area contributed by atoms with Crippen LogP contribution in [0.1, 0.15) is 18.4 Å². The number of hydrogen-bond acceptors (Lipinski definition) is 2. The average Bonchev–Trinajstić information content (AvgIpc) is 2.67. The molecular formula is C12H15NO. The third-order valence-electron chi connectivity index (χ3n) is 2.82. The summed E-state index contributed by atoms with van der Waals surface area (Å²) in [4.78, 5) is 13.0. The summed E-state index contributed by atoms with van der Waals surface area (Å²) < 4.78 is 0. The number of carbonyl (C=O) groups excluding carboxylic acids is 1. The highest BCUT2D eigenvalue weighted by atomic mass is 16.1. The van der Waals surface area contributed by atoms with Gasteiger partial charge in [0.25, 0.3) is 0 Å². The van der Waals surface area contributed by atoms with E-state index in [1.165, 1.54) is 11.3 Å². The maximum Gasteiger partial charge on any atom is 0.142 e. The number of rotatable bonds is 2. The molecule has 0 aliphatic carbocycles. The number of carbonyl (C=O) groups is 1. The van der Waals surface area contributed by atoms with E-state index in [2.05, 4.69) is 36.1 Å². The second-order valence-corrected chi connectivity index (χ2v) is 3.87. The maximum absolute atomic E-state index is 10.8. The molecule has 74 valence electrons. The van der Waals surface area contributed by atoms with Crippen molar-refractivity contribution in [3.05, 3.63) is 29.8 Å². The first-order valence-electron chi connectivity index (χ1n) is 5.10. The summed E-state index contributed by atoms with van der Waals surface area (Å²) in [6, 6.07) is 8.47. The Morgan fingerprint density at radius 1 is 1.36 bits per heavy atom. The summed E-state index contributed by atoms with van der Waals surface area (Å²) in [6.45, 7) is 3.08. The number of aryl methyl sites for hydroxylation is 1. The summed E-state index contributed by atoms with van der Waals surface area (Å²) in [5.41, 5.74) is 2.43. The number of benzene rings is 1. The van der Waals surface area contributed by atoms with E-state index in [9.17, 15) is 4.79 Å². The highest BCUT2D eigenvalue weighted by Gasteiger charge is 2.23. The van der Waals surface area contributed by atoms with Crippen LogP contribution in [0.2, 0.25) is 0 Å². The van der Waals surface area contributed by atoms with Crippen LogP contribution in [0.5, 0.6) is 0 Å². The summed E-state index contributed by atoms with van der Waals surface area (Å²) >= 11 is 0. The summed E-state index contributed by atoms with van der Waals surface area (Å²) in [6.07, 6.45) is 3.18. The fraction of sp³-hybridized carbons (Fsp3) is 0.417. The molecule has 2 nitrogen and oxygen atoms in total. The maximum atomic E-state index is 10.8. The molecule has 1 aliphatic heterocycles. The molecular weight excluding hydrogens is 174 g/mol. The Morgan fingerprint density at radius 2 is 2.07 bits per heavy atom. The van der Waals surface area contributed by atoms with E-state index in [0.29, 0.717) is 0 Å². The highest BCUT2D eigenvalue weighted by Crippen LogP contribution is 2.24. The number of aldehydes is 1. The average molecular weight is 189 g/mol. The van der Waals surface area contributed by atoms with Crippen molar-refractivity contribution in [1.82, 2.24) is 0 Å². The Balaban J connectivity index is 2.21. The van der Waals surface area contributed by atoms with Crippen molar-refractivity contribution in [3.8, 4) is 0 Å². The fourth-order valence-electron chi connectivity index (χ4n) is 1.99. The van der Waals surface area contributed by atoms with Crippen LogP contribution in [0.4, 0.5) is 5.69 Å². The molecule has 2 heteroatoms. The van der Waals surface area contributed by atoms with Crippen LogP contribution in [-0.2, 0) is 4.79 Å². The highest BCUT2D eigenvalue weighted by molar-refractivity contribution is 5.67. The molecule has 1 fully saturated rings. The zero-order chi connectivity index (χ0) is 9.97. The molecule has 1 aliphatic rings. The van der Waals surface area contributed by atoms with Gasteiger partial charge in [0.05, 0.1) is 6.04 Å². The molecule has 0 amide bonds. The van der Waals surface area contributed by atoms with Gasteiger partial charge in [-0.15, -0.1) is 0 Å². The minimum atomic E-state index is 0.0951. The zero-order valence-electron chi connectivity index (χ0n) is 8.44. The normalized spacial score (nSPS) is 21.2. The lowest BCUT2D eigenvalue weighted by atomic mass is 10.2. The predicted octanol–water partition coefficient (Wildman–Crippen LogP) is 2.16. The smallest absolute Gasteiger partial charge is 0.142 e. The third kappa shape index (κ3) is 1.65. The van der Waals surface area contributed by atoms with Gasteiger partial charge in [-0.2, -0.15) is 0 Å². The topological polar surface area (TPSA) is 20.3 Å². The van der Waals surface area contributed by atoms with Crippen LogP contribution in [0.25, 0.3) is 0 Å². The van der Waals surface area contributed by atoms with Gasteiger partial charge < -0.3 is 9.69 Å². The van der Waals surface area contributed by atoms with E-state index >= 15 is 0 Å². The number of anilines is 1. The minimum absolute atomic E-state index is 0.0951. The molecule has 0 N–H and O–H groups in total. The first kappa shape index (κ1) is 9.25. The standard InChI is InChI=1S/C12H15NO/c1-10-4-6-11(7-5-10)13-8-2-3-12(13)9-14/h4-7,9,12H,2-3,8H2,1H3/t12-/m0/s1. The fourth-order valence-corrected chi connectivity index (χ4v) is 1.99. The van der Waals surface area contributed by atoms with E-state index < -0.39 is 0 Å². The van der Waals surface area contributed by atoms with Gasteiger partial charge in [0.1, 0.15) is 6.29 Å². The quantitative estimate of drug-likeness (QED) is 0.664. The van der Waals surface area contributed by atoms with Crippen molar-refractivity contribution < 1.29 is 4.79 Å². The van der Waals surface area contributed by atoms with Gasteiger partial charge in [0.15, 0.2) is 0 Å². The van der Waals surface area contributed by atoms with Crippen LogP contribution < -0.4 is 4.90 Å². The van der Waals surface area contributed by atoms with Gasteiger partial charge in [0.2, 0.25) is 0 Å². The van der Waals surface area contributed by atoms with Crippen LogP contribution in [0, 0.1) is 6.92 Å². The number of hydrogen-bond donors (Lipinski definition) is 0. The molecule has 0 saturated carbocycles. The van der Waals surface area contributed by atoms with Gasteiger partial charge in [-0.05, 0) is 31.9 Å². The van der Waals surface area contributed by atoms with Gasteiger partial charge in [-0.3, -0.25) is 0 Å². The van der Waals surface area contributed by atoms with Gasteiger partial charge in [0, 0.05) is 12.2 Å². The third-order valence-corrected chi connectivity index (χ3v) is 2.82. The SMILES string of the molecule is Cc1ccc(N2CCC[C@H]2C=O)cc1. The molecule has 1 heterocycles. The molecule has 0 spiro atoms. The molecule has 1 aromatic carbocycles. The molecule has 1 aromatic rings.